The lowest BCUT2D eigenvalue weighted by Gasteiger charge is -2.27. The van der Waals surface area contributed by atoms with E-state index in [1.165, 1.54) is 0 Å². The van der Waals surface area contributed by atoms with Gasteiger partial charge in [0.15, 0.2) is 0 Å². The largest absolute Gasteiger partial charge is 0.444 e. The Morgan fingerprint density at radius 3 is 2.69 bits per heavy atom. The number of hydrazone groups is 1. The molecule has 5 nitrogen and oxygen atoms in total. The van der Waals surface area contributed by atoms with Gasteiger partial charge in [-0.1, -0.05) is 0 Å². The van der Waals surface area contributed by atoms with Gasteiger partial charge in [-0.3, -0.25) is 4.90 Å². The smallest absolute Gasteiger partial charge is 0.411 e. The van der Waals surface area contributed by atoms with Crippen molar-refractivity contribution in [1.82, 2.24) is 4.90 Å². The van der Waals surface area contributed by atoms with Crippen molar-refractivity contribution in [2.45, 2.75) is 57.7 Å². The maximum atomic E-state index is 12.0. The fourth-order valence-corrected chi connectivity index (χ4v) is 2.52. The summed E-state index contributed by atoms with van der Waals surface area (Å²) in [7, 11) is 0. The third-order valence-electron chi connectivity index (χ3n) is 3.10. The van der Waals surface area contributed by atoms with Crippen LogP contribution in [0, 0.1) is 0 Å². The van der Waals surface area contributed by atoms with Crippen LogP contribution in [0.3, 0.4) is 0 Å². The van der Waals surface area contributed by atoms with E-state index in [0.29, 0.717) is 0 Å². The molecule has 2 atom stereocenters. The molecule has 2 saturated heterocycles. The van der Waals surface area contributed by atoms with Crippen molar-refractivity contribution in [3.63, 3.8) is 0 Å². The van der Waals surface area contributed by atoms with Crippen molar-refractivity contribution in [2.24, 2.45) is 10.9 Å². The molecular weight excluding hydrogens is 206 g/mol. The zero-order valence-electron chi connectivity index (χ0n) is 10.1. The van der Waals surface area contributed by atoms with Gasteiger partial charge < -0.3 is 10.6 Å². The summed E-state index contributed by atoms with van der Waals surface area (Å²) in [4.78, 5) is 13.8. The van der Waals surface area contributed by atoms with E-state index >= 15 is 0 Å². The number of carbonyl (C=O) groups is 1. The van der Waals surface area contributed by atoms with Crippen LogP contribution in [0.2, 0.25) is 0 Å². The van der Waals surface area contributed by atoms with Gasteiger partial charge in [-0.25, -0.2) is 4.79 Å². The molecule has 2 heterocycles. The Balaban J connectivity index is 2.09. The van der Waals surface area contributed by atoms with Gasteiger partial charge in [0.2, 0.25) is 0 Å². The second-order valence-corrected chi connectivity index (χ2v) is 5.46. The summed E-state index contributed by atoms with van der Waals surface area (Å²) in [5, 5.41) is 3.77. The molecule has 2 N–H and O–H groups in total. The first kappa shape index (κ1) is 11.2. The Morgan fingerprint density at radius 1 is 1.50 bits per heavy atom. The molecule has 2 aliphatic heterocycles. The Hall–Kier alpha value is -1.26. The predicted molar refractivity (Wildman–Crippen MR) is 61.1 cm³/mol. The topological polar surface area (TPSA) is 67.9 Å². The molecule has 1 amide bonds. The number of hydrogen-bond donors (Lipinski definition) is 1. The summed E-state index contributed by atoms with van der Waals surface area (Å²) in [6.45, 7) is 5.63. The number of amides is 1. The van der Waals surface area contributed by atoms with Gasteiger partial charge in [0.25, 0.3) is 0 Å². The number of fused-ring (bicyclic) bond motifs is 2. The molecule has 5 heteroatoms. The van der Waals surface area contributed by atoms with Crippen LogP contribution in [-0.2, 0) is 4.74 Å². The van der Waals surface area contributed by atoms with Crippen LogP contribution in [0.5, 0.6) is 0 Å². The van der Waals surface area contributed by atoms with Crippen LogP contribution in [0.15, 0.2) is 5.10 Å². The molecule has 0 radical (unpaired) electrons. The Kier molecular flexibility index (Phi) is 2.56. The van der Waals surface area contributed by atoms with Crippen molar-refractivity contribution in [3.8, 4) is 0 Å². The number of carbonyl (C=O) groups excluding carboxylic acids is 1. The molecule has 2 aliphatic rings. The molecule has 16 heavy (non-hydrogen) atoms. The highest BCUT2D eigenvalue weighted by Crippen LogP contribution is 2.36. The Bertz CT molecular complexity index is 333. The molecule has 90 valence electrons. The van der Waals surface area contributed by atoms with Gasteiger partial charge in [-0.15, -0.1) is 0 Å². The molecule has 0 saturated carbocycles. The molecule has 0 unspecified atom stereocenters. The van der Waals surface area contributed by atoms with E-state index < -0.39 is 5.60 Å². The van der Waals surface area contributed by atoms with Crippen LogP contribution < -0.4 is 5.84 Å². The summed E-state index contributed by atoms with van der Waals surface area (Å²) < 4.78 is 5.39. The lowest BCUT2D eigenvalue weighted by atomic mass is 9.99. The van der Waals surface area contributed by atoms with Crippen LogP contribution >= 0.6 is 0 Å². The van der Waals surface area contributed by atoms with Gasteiger partial charge in [0.1, 0.15) is 5.60 Å². The van der Waals surface area contributed by atoms with E-state index in [4.69, 9.17) is 10.6 Å². The highest BCUT2D eigenvalue weighted by Gasteiger charge is 2.48. The normalized spacial score (nSPS) is 31.2. The van der Waals surface area contributed by atoms with E-state index in [1.807, 2.05) is 20.8 Å². The Labute approximate surface area is 95.6 Å². The fraction of sp³-hybridized carbons (Fsp3) is 0.818. The maximum absolute atomic E-state index is 12.0. The minimum Gasteiger partial charge on any atom is -0.444 e. The molecule has 0 spiro atoms. The first-order valence-electron chi connectivity index (χ1n) is 5.70. The zero-order valence-corrected chi connectivity index (χ0v) is 10.1. The van der Waals surface area contributed by atoms with E-state index in [1.54, 1.807) is 4.90 Å². The van der Waals surface area contributed by atoms with E-state index in [0.717, 1.165) is 25.0 Å². The standard InChI is InChI=1S/C11H19N3O2/c1-11(2,3)16-10(15)14-7-4-5-9(14)8(6-7)13-12/h7,9H,4-6,12H2,1-3H3/t7-,9+/m1/s1. The van der Waals surface area contributed by atoms with Crippen molar-refractivity contribution in [1.29, 1.82) is 0 Å². The number of ether oxygens (including phenoxy) is 1. The average molecular weight is 225 g/mol. The summed E-state index contributed by atoms with van der Waals surface area (Å²) in [5.41, 5.74) is 0.487. The number of rotatable bonds is 0. The molecule has 2 fully saturated rings. The van der Waals surface area contributed by atoms with Gasteiger partial charge in [0, 0.05) is 12.5 Å². The molecule has 0 aromatic rings. The highest BCUT2D eigenvalue weighted by atomic mass is 16.6. The van der Waals surface area contributed by atoms with E-state index in [2.05, 4.69) is 5.10 Å². The third kappa shape index (κ3) is 1.86. The van der Waals surface area contributed by atoms with E-state index in [-0.39, 0.29) is 18.2 Å². The maximum Gasteiger partial charge on any atom is 0.411 e. The second-order valence-electron chi connectivity index (χ2n) is 5.46. The molecule has 0 aromatic carbocycles. The lowest BCUT2D eigenvalue weighted by Crippen LogP contribution is -2.40. The molecule has 2 rings (SSSR count). The van der Waals surface area contributed by atoms with Gasteiger partial charge >= 0.3 is 6.09 Å². The van der Waals surface area contributed by atoms with Crippen LogP contribution in [-0.4, -0.2) is 34.4 Å². The van der Waals surface area contributed by atoms with Crippen molar-refractivity contribution >= 4 is 11.8 Å². The first-order chi connectivity index (χ1) is 7.42. The number of nitrogens with two attached hydrogens (primary N) is 1. The minimum atomic E-state index is -0.445. The predicted octanol–water partition coefficient (Wildman–Crippen LogP) is 1.47. The summed E-state index contributed by atoms with van der Waals surface area (Å²) >= 11 is 0. The minimum absolute atomic E-state index is 0.0739. The van der Waals surface area contributed by atoms with Gasteiger partial charge in [-0.2, -0.15) is 5.10 Å². The zero-order chi connectivity index (χ0) is 11.9. The lowest BCUT2D eigenvalue weighted by molar-refractivity contribution is 0.0229. The molecule has 0 aromatic heterocycles. The quantitative estimate of drug-likeness (QED) is 0.501. The van der Waals surface area contributed by atoms with Gasteiger partial charge in [0.05, 0.1) is 11.8 Å². The van der Waals surface area contributed by atoms with Crippen molar-refractivity contribution in [3.05, 3.63) is 0 Å². The van der Waals surface area contributed by atoms with E-state index in [9.17, 15) is 4.79 Å². The van der Waals surface area contributed by atoms with Crippen molar-refractivity contribution < 1.29 is 9.53 Å². The average Bonchev–Trinajstić information content (AvgIpc) is 2.70. The first-order valence-corrected chi connectivity index (χ1v) is 5.70. The van der Waals surface area contributed by atoms with Crippen LogP contribution in [0.4, 0.5) is 4.79 Å². The fourth-order valence-electron chi connectivity index (χ4n) is 2.52. The van der Waals surface area contributed by atoms with Gasteiger partial charge in [-0.05, 0) is 33.6 Å². The Morgan fingerprint density at radius 2 is 2.19 bits per heavy atom. The van der Waals surface area contributed by atoms with Crippen molar-refractivity contribution in [2.75, 3.05) is 0 Å². The third-order valence-corrected chi connectivity index (χ3v) is 3.10. The monoisotopic (exact) mass is 225 g/mol. The molecule has 2 bridgehead atoms. The summed E-state index contributed by atoms with van der Waals surface area (Å²) in [5.74, 6) is 5.32. The summed E-state index contributed by atoms with van der Waals surface area (Å²) in [6.07, 6.45) is 2.56. The highest BCUT2D eigenvalue weighted by molar-refractivity contribution is 5.96. The SMILES string of the molecule is CC(C)(C)OC(=O)N1[C@@H]2CC[C@H]1C(=NN)C2. The summed E-state index contributed by atoms with van der Waals surface area (Å²) in [6, 6.07) is 0.312. The molecule has 0 aliphatic carbocycles. The number of nitrogens with zero attached hydrogens (tertiary/aromatic N) is 2. The second kappa shape index (κ2) is 3.64. The number of hydrogen-bond acceptors (Lipinski definition) is 4. The van der Waals surface area contributed by atoms with Crippen LogP contribution in [0.25, 0.3) is 0 Å². The molecular formula is C11H19N3O2. The van der Waals surface area contributed by atoms with Crippen LogP contribution in [0.1, 0.15) is 40.0 Å².